The topological polar surface area (TPSA) is 62.4 Å². The largest absolute Gasteiger partial charge is 0.380 e. The summed E-state index contributed by atoms with van der Waals surface area (Å²) in [4.78, 5) is 12.6. The smallest absolute Gasteiger partial charge is 0.226 e. The summed E-state index contributed by atoms with van der Waals surface area (Å²) >= 11 is 0. The Morgan fingerprint density at radius 3 is 2.58 bits per heavy atom. The third-order valence-corrected chi connectivity index (χ3v) is 4.35. The molecular formula is C19H23N3O2. The number of ether oxygens (including phenoxy) is 1. The monoisotopic (exact) mass is 325 g/mol. The molecule has 2 aromatic carbocycles. The van der Waals surface area contributed by atoms with Crippen LogP contribution < -0.4 is 16.2 Å². The zero-order chi connectivity index (χ0) is 16.8. The fourth-order valence-corrected chi connectivity index (χ4v) is 3.06. The number of nitrogens with one attached hydrogen (secondary N) is 3. The molecule has 0 spiro atoms. The molecular weight excluding hydrogens is 302 g/mol. The number of methoxy groups -OCH3 is 1. The van der Waals surface area contributed by atoms with Crippen LogP contribution in [0.4, 0.5) is 0 Å². The van der Waals surface area contributed by atoms with Gasteiger partial charge >= 0.3 is 0 Å². The van der Waals surface area contributed by atoms with E-state index < -0.39 is 0 Å². The number of rotatable bonds is 6. The first-order valence-corrected chi connectivity index (χ1v) is 8.16. The molecule has 2 atom stereocenters. The van der Waals surface area contributed by atoms with Crippen molar-refractivity contribution in [3.63, 3.8) is 0 Å². The maximum atomic E-state index is 12.6. The summed E-state index contributed by atoms with van der Waals surface area (Å²) < 4.78 is 5.22. The molecule has 0 aliphatic carbocycles. The maximum Gasteiger partial charge on any atom is 0.226 e. The van der Waals surface area contributed by atoms with E-state index in [0.717, 1.165) is 16.7 Å². The second-order valence-electron chi connectivity index (χ2n) is 5.94. The summed E-state index contributed by atoms with van der Waals surface area (Å²) in [5.74, 6) is -0.0874. The molecule has 2 unspecified atom stereocenters. The fourth-order valence-electron chi connectivity index (χ4n) is 3.06. The number of hydrazine groups is 1. The first-order valence-electron chi connectivity index (χ1n) is 8.16. The van der Waals surface area contributed by atoms with Gasteiger partial charge in [0.1, 0.15) is 0 Å². The van der Waals surface area contributed by atoms with Gasteiger partial charge in [0.2, 0.25) is 5.91 Å². The highest BCUT2D eigenvalue weighted by Gasteiger charge is 2.33. The van der Waals surface area contributed by atoms with Gasteiger partial charge in [-0.3, -0.25) is 10.2 Å². The minimum absolute atomic E-state index is 0.0135. The lowest BCUT2D eigenvalue weighted by atomic mass is 9.94. The summed E-state index contributed by atoms with van der Waals surface area (Å²) in [5.41, 5.74) is 9.60. The quantitative estimate of drug-likeness (QED) is 0.759. The predicted octanol–water partition coefficient (Wildman–Crippen LogP) is 1.91. The number of hydrogen-bond acceptors (Lipinski definition) is 4. The van der Waals surface area contributed by atoms with E-state index in [1.807, 2.05) is 54.6 Å². The van der Waals surface area contributed by atoms with Crippen molar-refractivity contribution in [1.82, 2.24) is 16.2 Å². The van der Waals surface area contributed by atoms with Gasteiger partial charge in [-0.15, -0.1) is 0 Å². The molecule has 1 fully saturated rings. The lowest BCUT2D eigenvalue weighted by Gasteiger charge is -2.19. The van der Waals surface area contributed by atoms with Gasteiger partial charge in [0.15, 0.2) is 0 Å². The molecule has 0 aromatic heterocycles. The number of benzene rings is 2. The van der Waals surface area contributed by atoms with E-state index in [9.17, 15) is 4.79 Å². The van der Waals surface area contributed by atoms with Crippen molar-refractivity contribution in [2.75, 3.05) is 13.7 Å². The zero-order valence-electron chi connectivity index (χ0n) is 13.8. The highest BCUT2D eigenvalue weighted by atomic mass is 16.5. The Bertz CT molecular complexity index is 675. The van der Waals surface area contributed by atoms with Crippen molar-refractivity contribution in [1.29, 1.82) is 0 Å². The molecule has 2 aromatic rings. The molecule has 5 heteroatoms. The van der Waals surface area contributed by atoms with Crippen LogP contribution >= 0.6 is 0 Å². The molecule has 1 heterocycles. The Balaban J connectivity index is 1.65. The highest BCUT2D eigenvalue weighted by molar-refractivity contribution is 5.80. The molecule has 1 amide bonds. The molecule has 3 rings (SSSR count). The number of carbonyl (C=O) groups is 1. The molecule has 0 saturated carbocycles. The van der Waals surface area contributed by atoms with Crippen LogP contribution in [0, 0.1) is 5.92 Å². The van der Waals surface area contributed by atoms with Crippen molar-refractivity contribution in [3.05, 3.63) is 71.3 Å². The first-order chi connectivity index (χ1) is 11.8. The van der Waals surface area contributed by atoms with Crippen LogP contribution in [0.3, 0.4) is 0 Å². The Morgan fingerprint density at radius 2 is 1.83 bits per heavy atom. The Morgan fingerprint density at radius 1 is 1.12 bits per heavy atom. The van der Waals surface area contributed by atoms with Gasteiger partial charge in [-0.05, 0) is 16.7 Å². The van der Waals surface area contributed by atoms with Gasteiger partial charge in [-0.2, -0.15) is 0 Å². The van der Waals surface area contributed by atoms with Crippen LogP contribution in [0.2, 0.25) is 0 Å². The van der Waals surface area contributed by atoms with Crippen molar-refractivity contribution in [2.24, 2.45) is 5.92 Å². The van der Waals surface area contributed by atoms with E-state index in [-0.39, 0.29) is 17.9 Å². The van der Waals surface area contributed by atoms with E-state index in [0.29, 0.717) is 19.7 Å². The minimum atomic E-state index is -0.137. The van der Waals surface area contributed by atoms with E-state index >= 15 is 0 Å². The van der Waals surface area contributed by atoms with Crippen molar-refractivity contribution < 1.29 is 9.53 Å². The molecule has 1 aliphatic heterocycles. The average Bonchev–Trinajstić information content (AvgIpc) is 3.11. The van der Waals surface area contributed by atoms with E-state index in [1.165, 1.54) is 0 Å². The van der Waals surface area contributed by atoms with Crippen LogP contribution in [-0.2, 0) is 22.7 Å². The second-order valence-corrected chi connectivity index (χ2v) is 5.94. The lowest BCUT2D eigenvalue weighted by Crippen LogP contribution is -2.34. The predicted molar refractivity (Wildman–Crippen MR) is 92.8 cm³/mol. The van der Waals surface area contributed by atoms with Crippen molar-refractivity contribution >= 4 is 5.91 Å². The Kier molecular flexibility index (Phi) is 5.59. The summed E-state index contributed by atoms with van der Waals surface area (Å²) in [5, 5.41) is 3.06. The maximum absolute atomic E-state index is 12.6. The Labute approximate surface area is 142 Å². The summed E-state index contributed by atoms with van der Waals surface area (Å²) in [6.07, 6.45) is 0. The van der Waals surface area contributed by atoms with Crippen LogP contribution in [0.15, 0.2) is 54.6 Å². The van der Waals surface area contributed by atoms with Crippen LogP contribution in [-0.4, -0.2) is 19.6 Å². The average molecular weight is 325 g/mol. The van der Waals surface area contributed by atoms with E-state index in [4.69, 9.17) is 4.74 Å². The van der Waals surface area contributed by atoms with E-state index in [1.54, 1.807) is 7.11 Å². The van der Waals surface area contributed by atoms with Crippen molar-refractivity contribution in [2.45, 2.75) is 19.2 Å². The standard InChI is InChI=1S/C19H23N3O2/c1-24-13-16-10-6-5-9-15(16)11-20-19(23)17-12-21-22-18(17)14-7-3-2-4-8-14/h2-10,17-18,21-22H,11-13H2,1H3,(H,20,23). The minimum Gasteiger partial charge on any atom is -0.380 e. The van der Waals surface area contributed by atoms with Crippen LogP contribution in [0.25, 0.3) is 0 Å². The zero-order valence-corrected chi connectivity index (χ0v) is 13.8. The van der Waals surface area contributed by atoms with Gasteiger partial charge in [0.25, 0.3) is 0 Å². The molecule has 5 nitrogen and oxygen atoms in total. The van der Waals surface area contributed by atoms with Gasteiger partial charge < -0.3 is 10.1 Å². The molecule has 0 radical (unpaired) electrons. The number of hydrogen-bond donors (Lipinski definition) is 3. The van der Waals surface area contributed by atoms with Crippen molar-refractivity contribution in [3.8, 4) is 0 Å². The molecule has 24 heavy (non-hydrogen) atoms. The van der Waals surface area contributed by atoms with Gasteiger partial charge in [0, 0.05) is 20.2 Å². The summed E-state index contributed by atoms with van der Waals surface area (Å²) in [7, 11) is 1.68. The van der Waals surface area contributed by atoms with Gasteiger partial charge in [-0.25, -0.2) is 5.43 Å². The van der Waals surface area contributed by atoms with Crippen LogP contribution in [0.5, 0.6) is 0 Å². The lowest BCUT2D eigenvalue weighted by molar-refractivity contribution is -0.125. The molecule has 1 aliphatic rings. The molecule has 0 bridgehead atoms. The Hall–Kier alpha value is -2.21. The number of amides is 1. The SMILES string of the molecule is COCc1ccccc1CNC(=O)C1CNNC1c1ccccc1. The van der Waals surface area contributed by atoms with Crippen LogP contribution in [0.1, 0.15) is 22.7 Å². The third-order valence-electron chi connectivity index (χ3n) is 4.35. The normalized spacial score (nSPS) is 20.0. The second kappa shape index (κ2) is 8.06. The van der Waals surface area contributed by atoms with Gasteiger partial charge in [-0.1, -0.05) is 54.6 Å². The summed E-state index contributed by atoms with van der Waals surface area (Å²) in [6.45, 7) is 1.67. The van der Waals surface area contributed by atoms with Gasteiger partial charge in [0.05, 0.1) is 18.6 Å². The van der Waals surface area contributed by atoms with E-state index in [2.05, 4.69) is 16.2 Å². The molecule has 126 valence electrons. The highest BCUT2D eigenvalue weighted by Crippen LogP contribution is 2.24. The summed E-state index contributed by atoms with van der Waals surface area (Å²) in [6, 6.07) is 18.0. The molecule has 3 N–H and O–H groups in total. The first kappa shape index (κ1) is 16.6. The fraction of sp³-hybridized carbons (Fsp3) is 0.316. The number of carbonyl (C=O) groups excluding carboxylic acids is 1. The third kappa shape index (κ3) is 3.82. The molecule has 1 saturated heterocycles.